The summed E-state index contributed by atoms with van der Waals surface area (Å²) in [6.45, 7) is 9.07. The Morgan fingerprint density at radius 1 is 1.23 bits per heavy atom. The van der Waals surface area contributed by atoms with E-state index >= 15 is 0 Å². The Hall–Kier alpha value is -2.15. The lowest BCUT2D eigenvalue weighted by molar-refractivity contribution is 0.572. The first-order valence-corrected chi connectivity index (χ1v) is 9.96. The van der Waals surface area contributed by atoms with E-state index in [1.54, 1.807) is 13.3 Å². The monoisotopic (exact) mass is 376 g/mol. The van der Waals surface area contributed by atoms with E-state index in [4.69, 9.17) is 4.42 Å². The molecular weight excluding hydrogens is 348 g/mol. The summed E-state index contributed by atoms with van der Waals surface area (Å²) in [6.07, 6.45) is 1.64. The summed E-state index contributed by atoms with van der Waals surface area (Å²) >= 11 is 0. The molecule has 0 amide bonds. The molecule has 2 aromatic rings. The van der Waals surface area contributed by atoms with Crippen LogP contribution in [0.4, 0.5) is 0 Å². The Morgan fingerprint density at radius 2 is 1.92 bits per heavy atom. The van der Waals surface area contributed by atoms with Crippen LogP contribution < -0.4 is 10.6 Å². The predicted molar refractivity (Wildman–Crippen MR) is 108 cm³/mol. The van der Waals surface area contributed by atoms with Crippen LogP contribution in [0.15, 0.2) is 39.9 Å². The summed E-state index contributed by atoms with van der Waals surface area (Å²) in [7, 11) is 0.817. The van der Waals surface area contributed by atoms with Gasteiger partial charge in [0.15, 0.2) is 5.96 Å². The first-order chi connectivity index (χ1) is 12.3. The molecule has 1 aromatic carbocycles. The summed E-state index contributed by atoms with van der Waals surface area (Å²) in [5.74, 6) is 1.83. The lowest BCUT2D eigenvalue weighted by Gasteiger charge is -2.18. The molecule has 1 heterocycles. The van der Waals surface area contributed by atoms with Crippen molar-refractivity contribution >= 4 is 16.8 Å². The molecule has 0 aliphatic carbocycles. The summed E-state index contributed by atoms with van der Waals surface area (Å²) in [6, 6.07) is 8.05. The molecule has 6 nitrogen and oxygen atoms in total. The van der Waals surface area contributed by atoms with Crippen molar-refractivity contribution in [2.75, 3.05) is 19.3 Å². The number of aromatic nitrogens is 1. The third-order valence-electron chi connectivity index (χ3n) is 3.77. The van der Waals surface area contributed by atoms with E-state index in [2.05, 4.69) is 20.6 Å². The number of hydrogen-bond acceptors (Lipinski definition) is 4. The second-order valence-corrected chi connectivity index (χ2v) is 9.35. The van der Waals surface area contributed by atoms with Crippen molar-refractivity contribution in [2.24, 2.45) is 4.99 Å². The summed E-state index contributed by atoms with van der Waals surface area (Å²) < 4.78 is 17.4. The first kappa shape index (κ1) is 20.2. The summed E-state index contributed by atoms with van der Waals surface area (Å²) in [4.78, 5) is 8.67. The third kappa shape index (κ3) is 5.98. The molecule has 1 aromatic heterocycles. The Balaban J connectivity index is 1.83. The average Bonchev–Trinajstić information content (AvgIpc) is 3.06. The second kappa shape index (κ2) is 8.98. The molecule has 1 atom stereocenters. The molecule has 7 heteroatoms. The molecular formula is C19H28N4O2S. The van der Waals surface area contributed by atoms with E-state index in [1.807, 2.05) is 52.0 Å². The van der Waals surface area contributed by atoms with Gasteiger partial charge >= 0.3 is 0 Å². The molecule has 0 aliphatic heterocycles. The number of oxazole rings is 1. The van der Waals surface area contributed by atoms with Gasteiger partial charge in [-0.05, 0) is 39.8 Å². The zero-order chi connectivity index (χ0) is 19.2. The number of benzene rings is 1. The van der Waals surface area contributed by atoms with Gasteiger partial charge < -0.3 is 15.1 Å². The van der Waals surface area contributed by atoms with E-state index in [0.717, 1.165) is 11.3 Å². The Labute approximate surface area is 158 Å². The molecule has 2 rings (SSSR count). The zero-order valence-corrected chi connectivity index (χ0v) is 16.9. The summed E-state index contributed by atoms with van der Waals surface area (Å²) in [5.41, 5.74) is 2.94. The van der Waals surface area contributed by atoms with Gasteiger partial charge in [0.25, 0.3) is 0 Å². The number of aryl methyl sites for hydroxylation is 1. The van der Waals surface area contributed by atoms with E-state index in [9.17, 15) is 4.21 Å². The molecule has 0 bridgehead atoms. The minimum absolute atomic E-state index is 0.203. The lowest BCUT2D eigenvalue weighted by atomic mass is 10.1. The largest absolute Gasteiger partial charge is 0.444 e. The van der Waals surface area contributed by atoms with Gasteiger partial charge in [0.2, 0.25) is 5.89 Å². The fraction of sp³-hybridized carbons (Fsp3) is 0.474. The molecule has 0 fully saturated rings. The average molecular weight is 377 g/mol. The second-order valence-electron chi connectivity index (χ2n) is 7.02. The van der Waals surface area contributed by atoms with Crippen molar-refractivity contribution in [1.29, 1.82) is 0 Å². The fourth-order valence-corrected chi connectivity index (χ4v) is 3.08. The molecule has 26 heavy (non-hydrogen) atoms. The van der Waals surface area contributed by atoms with Gasteiger partial charge in [-0.3, -0.25) is 9.20 Å². The highest BCUT2D eigenvalue weighted by Gasteiger charge is 2.18. The topological polar surface area (TPSA) is 79.5 Å². The van der Waals surface area contributed by atoms with Crippen LogP contribution in [-0.2, 0) is 17.3 Å². The first-order valence-electron chi connectivity index (χ1n) is 8.64. The van der Waals surface area contributed by atoms with E-state index in [0.29, 0.717) is 30.7 Å². The van der Waals surface area contributed by atoms with Crippen LogP contribution in [0.3, 0.4) is 0 Å². The smallest absolute Gasteiger partial charge is 0.226 e. The third-order valence-corrected chi connectivity index (χ3v) is 5.71. The Bertz CT molecular complexity index is 761. The normalized spacial score (nSPS) is 13.5. The number of nitrogens with zero attached hydrogens (tertiary/aromatic N) is 2. The van der Waals surface area contributed by atoms with Crippen LogP contribution in [0, 0.1) is 6.92 Å². The zero-order valence-electron chi connectivity index (χ0n) is 16.1. The van der Waals surface area contributed by atoms with Crippen LogP contribution in [0.5, 0.6) is 0 Å². The molecule has 142 valence electrons. The number of hydrogen-bond donors (Lipinski definition) is 2. The van der Waals surface area contributed by atoms with Crippen molar-refractivity contribution in [2.45, 2.75) is 39.0 Å². The highest BCUT2D eigenvalue weighted by atomic mass is 32.2. The highest BCUT2D eigenvalue weighted by molar-refractivity contribution is 7.86. The minimum Gasteiger partial charge on any atom is -0.444 e. The Kier molecular flexibility index (Phi) is 6.97. The molecule has 0 aliphatic rings. The number of guanidine groups is 1. The van der Waals surface area contributed by atoms with Gasteiger partial charge in [0, 0.05) is 40.5 Å². The van der Waals surface area contributed by atoms with Crippen molar-refractivity contribution < 1.29 is 8.63 Å². The van der Waals surface area contributed by atoms with Gasteiger partial charge in [-0.1, -0.05) is 17.7 Å². The highest BCUT2D eigenvalue weighted by Crippen LogP contribution is 2.19. The van der Waals surface area contributed by atoms with Gasteiger partial charge in [0.1, 0.15) is 6.26 Å². The molecule has 1 unspecified atom stereocenters. The molecule has 2 N–H and O–H groups in total. The van der Waals surface area contributed by atoms with Gasteiger partial charge in [0.05, 0.1) is 12.2 Å². The number of aliphatic imine (C=N–C) groups is 1. The van der Waals surface area contributed by atoms with Gasteiger partial charge in [-0.15, -0.1) is 0 Å². The maximum Gasteiger partial charge on any atom is 0.226 e. The minimum atomic E-state index is -0.888. The van der Waals surface area contributed by atoms with E-state index in [1.165, 1.54) is 5.56 Å². The summed E-state index contributed by atoms with van der Waals surface area (Å²) in [5, 5.41) is 6.36. The molecule has 0 saturated heterocycles. The maximum absolute atomic E-state index is 12.1. The van der Waals surface area contributed by atoms with Crippen LogP contribution in [0.2, 0.25) is 0 Å². The van der Waals surface area contributed by atoms with Crippen LogP contribution >= 0.6 is 0 Å². The van der Waals surface area contributed by atoms with Gasteiger partial charge in [-0.25, -0.2) is 4.98 Å². The van der Waals surface area contributed by atoms with E-state index < -0.39 is 10.8 Å². The van der Waals surface area contributed by atoms with Crippen molar-refractivity contribution in [3.8, 4) is 11.5 Å². The van der Waals surface area contributed by atoms with Crippen molar-refractivity contribution in [1.82, 2.24) is 15.6 Å². The molecule has 0 radical (unpaired) electrons. The van der Waals surface area contributed by atoms with Crippen molar-refractivity contribution in [3.05, 3.63) is 41.8 Å². The lowest BCUT2D eigenvalue weighted by Crippen LogP contribution is -2.40. The Morgan fingerprint density at radius 3 is 2.54 bits per heavy atom. The fourth-order valence-electron chi connectivity index (χ4n) is 2.18. The standard InChI is InChI=1S/C19H28N4O2S/c1-14-6-8-15(9-7-14)17-23-16(13-25-17)12-22-18(20-5)21-10-11-26(24)19(2,3)4/h6-9,13H,10-12H2,1-5H3,(H2,20,21,22). The molecule has 0 spiro atoms. The van der Waals surface area contributed by atoms with Crippen LogP contribution in [-0.4, -0.2) is 39.2 Å². The quantitative estimate of drug-likeness (QED) is 0.599. The van der Waals surface area contributed by atoms with Crippen LogP contribution in [0.1, 0.15) is 32.0 Å². The van der Waals surface area contributed by atoms with Gasteiger partial charge in [-0.2, -0.15) is 0 Å². The van der Waals surface area contributed by atoms with E-state index in [-0.39, 0.29) is 4.75 Å². The number of rotatable bonds is 6. The van der Waals surface area contributed by atoms with Crippen LogP contribution in [0.25, 0.3) is 11.5 Å². The molecule has 0 saturated carbocycles. The maximum atomic E-state index is 12.1. The number of nitrogens with one attached hydrogen (secondary N) is 2. The predicted octanol–water partition coefficient (Wildman–Crippen LogP) is 2.86. The SMILES string of the molecule is CN=C(NCCS(=O)C(C)(C)C)NCc1coc(-c2ccc(C)cc2)n1. The van der Waals surface area contributed by atoms with Crippen molar-refractivity contribution in [3.63, 3.8) is 0 Å².